The molecule has 1 spiro atoms. The number of hydrogen-bond acceptors (Lipinski definition) is 5. The van der Waals surface area contributed by atoms with Crippen molar-refractivity contribution in [2.24, 2.45) is 5.41 Å². The molecule has 1 fully saturated rings. The Balaban J connectivity index is 1.60. The van der Waals surface area contributed by atoms with Gasteiger partial charge in [-0.1, -0.05) is 45.0 Å². The number of nitrogens with one attached hydrogen (secondary N) is 1. The van der Waals surface area contributed by atoms with Gasteiger partial charge >= 0.3 is 12.5 Å². The first kappa shape index (κ1) is 26.0. The molecule has 2 aliphatic heterocycles. The lowest BCUT2D eigenvalue weighted by molar-refractivity contribution is -0.274. The number of hydrogen-bond donors (Lipinski definition) is 1. The van der Waals surface area contributed by atoms with Crippen molar-refractivity contribution in [1.82, 2.24) is 14.8 Å². The van der Waals surface area contributed by atoms with E-state index in [-0.39, 0.29) is 30.3 Å². The first-order chi connectivity index (χ1) is 21.3. The van der Waals surface area contributed by atoms with Crippen molar-refractivity contribution in [3.8, 4) is 5.75 Å². The zero-order chi connectivity index (χ0) is 33.8. The Labute approximate surface area is 250 Å². The molecule has 1 aromatic heterocycles. The van der Waals surface area contributed by atoms with E-state index in [0.29, 0.717) is 16.2 Å². The number of nitrogens with zero attached hydrogens (tertiary/aromatic N) is 4. The van der Waals surface area contributed by atoms with Crippen LogP contribution in [0.3, 0.4) is 0 Å². The molecule has 3 heterocycles. The number of carbonyl (C=O) groups excluding carboxylic acids is 3. The van der Waals surface area contributed by atoms with Crippen LogP contribution in [0.2, 0.25) is 0 Å². The SMILES string of the molecule is [2H]C([2H])([2H])N(C(=O)c1cc(OC(F)(F)F)c2ncccc2c1)[C@@H](CC(C)(C)C)C(=O)N1C[C@]2(C[C@H]1[N+]#[C-])C(=O)Nc1ccccc12. The highest BCUT2D eigenvalue weighted by atomic mass is 19.4. The molecule has 43 heavy (non-hydrogen) atoms. The molecule has 2 aliphatic rings. The number of amides is 3. The lowest BCUT2D eigenvalue weighted by Crippen LogP contribution is -2.52. The number of fused-ring (bicyclic) bond motifs is 3. The largest absolute Gasteiger partial charge is 0.573 e. The lowest BCUT2D eigenvalue weighted by atomic mass is 9.80. The zero-order valence-corrected chi connectivity index (χ0v) is 23.5. The molecule has 0 saturated carbocycles. The summed E-state index contributed by atoms with van der Waals surface area (Å²) in [5, 5.41) is 2.86. The van der Waals surface area contributed by atoms with Gasteiger partial charge in [0, 0.05) is 40.5 Å². The number of rotatable bonds is 5. The number of carbonyl (C=O) groups is 3. The highest BCUT2D eigenvalue weighted by molar-refractivity contribution is 6.07. The van der Waals surface area contributed by atoms with Crippen LogP contribution in [-0.4, -0.2) is 64.6 Å². The van der Waals surface area contributed by atoms with E-state index in [4.69, 9.17) is 10.7 Å². The van der Waals surface area contributed by atoms with Crippen LogP contribution in [0.1, 0.15) is 53.6 Å². The van der Waals surface area contributed by atoms with Crippen molar-refractivity contribution < 1.29 is 36.4 Å². The minimum atomic E-state index is -5.15. The smallest absolute Gasteiger partial charge is 0.403 e. The molecule has 3 amide bonds. The summed E-state index contributed by atoms with van der Waals surface area (Å²) in [7, 11) is 0. The van der Waals surface area contributed by atoms with Crippen LogP contribution in [0, 0.1) is 12.0 Å². The number of likely N-dealkylation sites (tertiary alicyclic amines) is 1. The van der Waals surface area contributed by atoms with E-state index in [1.54, 1.807) is 45.0 Å². The van der Waals surface area contributed by atoms with E-state index in [1.807, 2.05) is 0 Å². The number of pyridine rings is 1. The molecule has 0 unspecified atom stereocenters. The fourth-order valence-corrected chi connectivity index (χ4v) is 5.78. The van der Waals surface area contributed by atoms with E-state index in [9.17, 15) is 27.6 Å². The van der Waals surface area contributed by atoms with Crippen molar-refractivity contribution in [2.45, 2.75) is 57.6 Å². The average molecular weight is 597 g/mol. The number of para-hydroxylation sites is 1. The van der Waals surface area contributed by atoms with Gasteiger partial charge in [-0.25, -0.2) is 6.57 Å². The predicted molar refractivity (Wildman–Crippen MR) is 152 cm³/mol. The first-order valence-corrected chi connectivity index (χ1v) is 13.4. The monoisotopic (exact) mass is 596 g/mol. The molecule has 1 N–H and O–H groups in total. The summed E-state index contributed by atoms with van der Waals surface area (Å²) in [5.41, 5.74) is -1.56. The highest BCUT2D eigenvalue weighted by Crippen LogP contribution is 2.47. The molecule has 5 rings (SSSR count). The van der Waals surface area contributed by atoms with Gasteiger partial charge in [0.15, 0.2) is 5.75 Å². The second-order valence-electron chi connectivity index (χ2n) is 11.9. The zero-order valence-electron chi connectivity index (χ0n) is 26.5. The Bertz CT molecular complexity index is 1770. The average Bonchev–Trinajstić information content (AvgIpc) is 3.47. The fourth-order valence-electron chi connectivity index (χ4n) is 5.78. The first-order valence-electron chi connectivity index (χ1n) is 14.9. The van der Waals surface area contributed by atoms with Gasteiger partial charge in [-0.3, -0.25) is 29.1 Å². The van der Waals surface area contributed by atoms with Gasteiger partial charge in [-0.15, -0.1) is 13.2 Å². The van der Waals surface area contributed by atoms with Crippen LogP contribution in [0.15, 0.2) is 54.7 Å². The summed E-state index contributed by atoms with van der Waals surface area (Å²) in [5.74, 6) is -3.35. The summed E-state index contributed by atoms with van der Waals surface area (Å²) in [6, 6.07) is 9.93. The molecule has 0 aliphatic carbocycles. The molecule has 0 bridgehead atoms. The minimum Gasteiger partial charge on any atom is -0.403 e. The topological polar surface area (TPSA) is 96.2 Å². The van der Waals surface area contributed by atoms with E-state index in [1.165, 1.54) is 24.4 Å². The Morgan fingerprint density at radius 3 is 2.67 bits per heavy atom. The van der Waals surface area contributed by atoms with Crippen LogP contribution in [0.4, 0.5) is 18.9 Å². The molecule has 2 aromatic carbocycles. The molecule has 9 nitrogen and oxygen atoms in total. The van der Waals surface area contributed by atoms with Crippen LogP contribution < -0.4 is 10.1 Å². The molecule has 224 valence electrons. The molecule has 3 atom stereocenters. The standard InChI is InChI=1S/C31H30F3N5O4/c1-29(2,3)15-22(27(41)39-17-30(16-24(39)35-4)20-10-6-7-11-21(20)37-28(30)42)38(5)26(40)19-13-18-9-8-12-36-25(18)23(14-19)43-31(32,33)34/h6-14,22,24H,15-17H2,1-3,5H3,(H,37,42)/t22-,24-,30-/m0/s1/i5D3. The molecular formula is C31H30F3N5O4. The number of halogens is 3. The quantitative estimate of drug-likeness (QED) is 0.399. The maximum atomic E-state index is 14.5. The third-order valence-electron chi connectivity index (χ3n) is 7.65. The Hall–Kier alpha value is -4.66. The van der Waals surface area contributed by atoms with Crippen LogP contribution >= 0.6 is 0 Å². The summed E-state index contributed by atoms with van der Waals surface area (Å²) >= 11 is 0. The van der Waals surface area contributed by atoms with E-state index < -0.39 is 65.4 Å². The van der Waals surface area contributed by atoms with Gasteiger partial charge in [-0.2, -0.15) is 0 Å². The van der Waals surface area contributed by atoms with Crippen LogP contribution in [-0.2, 0) is 15.0 Å². The maximum absolute atomic E-state index is 14.5. The van der Waals surface area contributed by atoms with Crippen molar-refractivity contribution >= 4 is 34.3 Å². The van der Waals surface area contributed by atoms with E-state index in [2.05, 4.69) is 19.9 Å². The number of benzene rings is 2. The van der Waals surface area contributed by atoms with Crippen LogP contribution in [0.25, 0.3) is 15.7 Å². The van der Waals surface area contributed by atoms with Crippen molar-refractivity contribution in [3.05, 3.63) is 77.3 Å². The molecular weight excluding hydrogens is 563 g/mol. The number of aromatic nitrogens is 1. The van der Waals surface area contributed by atoms with Crippen LogP contribution in [0.5, 0.6) is 5.75 Å². The molecule has 12 heteroatoms. The summed E-state index contributed by atoms with van der Waals surface area (Å²) in [6.45, 7) is 9.55. The Morgan fingerprint density at radius 2 is 2.00 bits per heavy atom. The van der Waals surface area contributed by atoms with E-state index >= 15 is 0 Å². The summed E-state index contributed by atoms with van der Waals surface area (Å²) < 4.78 is 69.1. The second-order valence-corrected chi connectivity index (χ2v) is 11.9. The normalized spacial score (nSPS) is 21.8. The third-order valence-corrected chi connectivity index (χ3v) is 7.65. The second kappa shape index (κ2) is 10.6. The van der Waals surface area contributed by atoms with E-state index in [0.717, 1.165) is 11.0 Å². The predicted octanol–water partition coefficient (Wildman–Crippen LogP) is 5.38. The number of alkyl halides is 3. The highest BCUT2D eigenvalue weighted by Gasteiger charge is 2.59. The van der Waals surface area contributed by atoms with Crippen molar-refractivity contribution in [3.63, 3.8) is 0 Å². The fraction of sp³-hybridized carbons (Fsp3) is 0.387. The molecule has 1 saturated heterocycles. The summed E-state index contributed by atoms with van der Waals surface area (Å²) in [6.07, 6.45) is -5.30. The van der Waals surface area contributed by atoms with Gasteiger partial charge in [-0.05, 0) is 41.7 Å². The maximum Gasteiger partial charge on any atom is 0.573 e. The van der Waals surface area contributed by atoms with Gasteiger partial charge in [0.25, 0.3) is 11.8 Å². The van der Waals surface area contributed by atoms with Gasteiger partial charge in [0.05, 0.1) is 6.42 Å². The lowest BCUT2D eigenvalue weighted by Gasteiger charge is -2.35. The van der Waals surface area contributed by atoms with Crippen molar-refractivity contribution in [2.75, 3.05) is 18.8 Å². The number of anilines is 1. The Kier molecular flexibility index (Phi) is 6.39. The minimum absolute atomic E-state index is 0.0507. The third kappa shape index (κ3) is 5.59. The number of likely N-dealkylation sites (N-methyl/N-ethyl adjacent to an activating group) is 1. The van der Waals surface area contributed by atoms with Gasteiger partial charge < -0.3 is 15.0 Å². The Morgan fingerprint density at radius 1 is 1.26 bits per heavy atom. The van der Waals surface area contributed by atoms with Gasteiger partial charge in [0.2, 0.25) is 5.91 Å². The molecule has 0 radical (unpaired) electrons. The summed E-state index contributed by atoms with van der Waals surface area (Å²) in [4.78, 5) is 50.9. The number of ether oxygens (including phenoxy) is 1. The van der Waals surface area contributed by atoms with Gasteiger partial charge in [0.1, 0.15) is 17.0 Å². The molecule has 3 aromatic rings. The van der Waals surface area contributed by atoms with Crippen molar-refractivity contribution in [1.29, 1.82) is 0 Å².